The van der Waals surface area contributed by atoms with Crippen molar-refractivity contribution in [1.82, 2.24) is 4.90 Å². The van der Waals surface area contributed by atoms with Crippen LogP contribution in [0.4, 0.5) is 0 Å². The number of benzene rings is 2. The Morgan fingerprint density at radius 3 is 2.35 bits per heavy atom. The average Bonchev–Trinajstić information content (AvgIpc) is 3.18. The summed E-state index contributed by atoms with van der Waals surface area (Å²) in [6, 6.07) is 18.6. The molecule has 2 aromatic carbocycles. The molecule has 0 spiro atoms. The van der Waals surface area contributed by atoms with Crippen LogP contribution in [0.3, 0.4) is 0 Å². The van der Waals surface area contributed by atoms with Gasteiger partial charge in [-0.05, 0) is 36.0 Å². The lowest BCUT2D eigenvalue weighted by molar-refractivity contribution is -0.141. The van der Waals surface area contributed by atoms with Gasteiger partial charge in [0.05, 0.1) is 5.92 Å². The first-order valence-corrected chi connectivity index (χ1v) is 9.28. The van der Waals surface area contributed by atoms with Crippen molar-refractivity contribution in [2.24, 2.45) is 11.8 Å². The van der Waals surface area contributed by atoms with Gasteiger partial charge in [0, 0.05) is 24.9 Å². The Labute approximate surface area is 153 Å². The van der Waals surface area contributed by atoms with E-state index in [2.05, 4.69) is 30.3 Å². The molecule has 1 fully saturated rings. The third kappa shape index (κ3) is 3.12. The molecule has 0 aromatic heterocycles. The van der Waals surface area contributed by atoms with Crippen LogP contribution in [0.25, 0.3) is 0 Å². The maximum absolute atomic E-state index is 13.1. The number of hydrogen-bond donors (Lipinski definition) is 1. The Kier molecular flexibility index (Phi) is 4.49. The molecule has 4 rings (SSSR count). The summed E-state index contributed by atoms with van der Waals surface area (Å²) in [5.41, 5.74) is 3.69. The van der Waals surface area contributed by atoms with Crippen LogP contribution in [0.2, 0.25) is 0 Å². The van der Waals surface area contributed by atoms with Crippen LogP contribution < -0.4 is 0 Å². The molecule has 0 saturated heterocycles. The van der Waals surface area contributed by atoms with E-state index in [4.69, 9.17) is 0 Å². The van der Waals surface area contributed by atoms with Gasteiger partial charge < -0.3 is 10.0 Å². The smallest absolute Gasteiger partial charge is 0.306 e. The second kappa shape index (κ2) is 6.94. The van der Waals surface area contributed by atoms with Crippen molar-refractivity contribution < 1.29 is 14.7 Å². The predicted octanol–water partition coefficient (Wildman–Crippen LogP) is 3.66. The Balaban J connectivity index is 1.59. The van der Waals surface area contributed by atoms with Gasteiger partial charge >= 0.3 is 5.97 Å². The number of hydrogen-bond acceptors (Lipinski definition) is 2. The van der Waals surface area contributed by atoms with Crippen LogP contribution >= 0.6 is 0 Å². The van der Waals surface area contributed by atoms with Crippen LogP contribution in [0.5, 0.6) is 0 Å². The van der Waals surface area contributed by atoms with E-state index >= 15 is 0 Å². The van der Waals surface area contributed by atoms with Gasteiger partial charge in [-0.15, -0.1) is 0 Å². The average molecular weight is 349 g/mol. The largest absolute Gasteiger partial charge is 0.481 e. The fourth-order valence-corrected chi connectivity index (χ4v) is 4.43. The molecule has 0 radical (unpaired) electrons. The Bertz CT molecular complexity index is 817. The predicted molar refractivity (Wildman–Crippen MR) is 98.6 cm³/mol. The second-order valence-electron chi connectivity index (χ2n) is 7.43. The highest BCUT2D eigenvalue weighted by Crippen LogP contribution is 2.37. The van der Waals surface area contributed by atoms with Gasteiger partial charge in [-0.2, -0.15) is 0 Å². The highest BCUT2D eigenvalue weighted by molar-refractivity contribution is 5.81. The molecule has 1 saturated carbocycles. The van der Waals surface area contributed by atoms with E-state index in [1.807, 2.05) is 29.2 Å². The molecule has 0 bridgehead atoms. The van der Waals surface area contributed by atoms with Crippen molar-refractivity contribution >= 4 is 11.9 Å². The monoisotopic (exact) mass is 349 g/mol. The summed E-state index contributed by atoms with van der Waals surface area (Å²) in [6.07, 6.45) is 1.77. The summed E-state index contributed by atoms with van der Waals surface area (Å²) in [6.45, 7) is 1.28. The van der Waals surface area contributed by atoms with Crippen LogP contribution in [0.1, 0.15) is 41.9 Å². The lowest BCUT2D eigenvalue weighted by Gasteiger charge is -2.36. The van der Waals surface area contributed by atoms with E-state index < -0.39 is 5.97 Å². The number of fused-ring (bicyclic) bond motifs is 1. The maximum Gasteiger partial charge on any atom is 0.306 e. The van der Waals surface area contributed by atoms with Crippen LogP contribution in [-0.2, 0) is 16.1 Å². The minimum atomic E-state index is -0.772. The van der Waals surface area contributed by atoms with Crippen molar-refractivity contribution in [3.8, 4) is 0 Å². The van der Waals surface area contributed by atoms with Crippen molar-refractivity contribution in [3.05, 3.63) is 71.3 Å². The topological polar surface area (TPSA) is 57.6 Å². The quantitative estimate of drug-likeness (QED) is 0.920. The van der Waals surface area contributed by atoms with E-state index in [0.717, 1.165) is 0 Å². The fourth-order valence-electron chi connectivity index (χ4n) is 4.43. The molecular formula is C22H23NO3. The number of carbonyl (C=O) groups excluding carboxylic acids is 1. The number of carboxylic acids is 1. The highest BCUT2D eigenvalue weighted by atomic mass is 16.4. The molecule has 1 heterocycles. The molecule has 3 atom stereocenters. The van der Waals surface area contributed by atoms with E-state index in [-0.39, 0.29) is 23.7 Å². The van der Waals surface area contributed by atoms with Gasteiger partial charge in [0.25, 0.3) is 0 Å². The zero-order valence-electron chi connectivity index (χ0n) is 14.7. The van der Waals surface area contributed by atoms with E-state index in [1.165, 1.54) is 16.7 Å². The molecule has 1 aliphatic heterocycles. The number of aliphatic carboxylic acids is 1. The molecular weight excluding hydrogens is 326 g/mol. The summed E-state index contributed by atoms with van der Waals surface area (Å²) in [5.74, 6) is -1.01. The van der Waals surface area contributed by atoms with Gasteiger partial charge in [0.15, 0.2) is 0 Å². The van der Waals surface area contributed by atoms with E-state index in [9.17, 15) is 14.7 Å². The summed E-state index contributed by atoms with van der Waals surface area (Å²) in [4.78, 5) is 26.2. The number of carboxylic acid groups (broad SMARTS) is 1. The van der Waals surface area contributed by atoms with E-state index in [0.29, 0.717) is 32.4 Å². The normalized spacial score (nSPS) is 24.9. The number of rotatable bonds is 3. The zero-order chi connectivity index (χ0) is 18.1. The maximum atomic E-state index is 13.1. The van der Waals surface area contributed by atoms with Crippen LogP contribution in [-0.4, -0.2) is 28.4 Å². The first-order valence-electron chi connectivity index (χ1n) is 9.28. The zero-order valence-corrected chi connectivity index (χ0v) is 14.7. The lowest BCUT2D eigenvalue weighted by Crippen LogP contribution is -2.41. The minimum Gasteiger partial charge on any atom is -0.481 e. The van der Waals surface area contributed by atoms with Gasteiger partial charge in [-0.1, -0.05) is 54.6 Å². The Morgan fingerprint density at radius 1 is 0.923 bits per heavy atom. The van der Waals surface area contributed by atoms with Crippen LogP contribution in [0, 0.1) is 11.8 Å². The summed E-state index contributed by atoms with van der Waals surface area (Å²) < 4.78 is 0. The molecule has 4 heteroatoms. The molecule has 1 aliphatic carbocycles. The standard InChI is InChI=1S/C22H23NO3/c24-21(16-10-11-17(12-16)22(25)26)23-13-18-8-4-5-9-19(18)20(14-23)15-6-2-1-3-7-15/h1-9,16-17,20H,10-14H2,(H,25,26)/t16-,17+,20?/m0/s1. The van der Waals surface area contributed by atoms with Gasteiger partial charge in [-0.25, -0.2) is 0 Å². The molecule has 26 heavy (non-hydrogen) atoms. The van der Waals surface area contributed by atoms with Gasteiger partial charge in [0.1, 0.15) is 0 Å². The summed E-state index contributed by atoms with van der Waals surface area (Å²) >= 11 is 0. The lowest BCUT2D eigenvalue weighted by atomic mass is 9.84. The molecule has 2 aliphatic rings. The molecule has 134 valence electrons. The Hall–Kier alpha value is -2.62. The SMILES string of the molecule is O=C(O)[C@@H]1CC[C@H](C(=O)N2Cc3ccccc3C(c3ccccc3)C2)C1. The third-order valence-corrected chi connectivity index (χ3v) is 5.84. The Morgan fingerprint density at radius 2 is 1.62 bits per heavy atom. The molecule has 4 nitrogen and oxygen atoms in total. The first kappa shape index (κ1) is 16.8. The van der Waals surface area contributed by atoms with Crippen molar-refractivity contribution in [1.29, 1.82) is 0 Å². The number of amides is 1. The molecule has 1 amide bonds. The van der Waals surface area contributed by atoms with Crippen molar-refractivity contribution in [2.45, 2.75) is 31.7 Å². The van der Waals surface area contributed by atoms with Crippen molar-refractivity contribution in [3.63, 3.8) is 0 Å². The fraction of sp³-hybridized carbons (Fsp3) is 0.364. The second-order valence-corrected chi connectivity index (χ2v) is 7.43. The van der Waals surface area contributed by atoms with Crippen molar-refractivity contribution in [2.75, 3.05) is 6.54 Å². The van der Waals surface area contributed by atoms with Gasteiger partial charge in [-0.3, -0.25) is 9.59 Å². The first-order chi connectivity index (χ1) is 12.6. The number of carbonyl (C=O) groups is 2. The molecule has 1 N–H and O–H groups in total. The third-order valence-electron chi connectivity index (χ3n) is 5.84. The van der Waals surface area contributed by atoms with Gasteiger partial charge in [0.2, 0.25) is 5.91 Å². The summed E-state index contributed by atoms with van der Waals surface area (Å²) in [5, 5.41) is 9.22. The van der Waals surface area contributed by atoms with Crippen LogP contribution in [0.15, 0.2) is 54.6 Å². The summed E-state index contributed by atoms with van der Waals surface area (Å²) in [7, 11) is 0. The molecule has 1 unspecified atom stereocenters. The highest BCUT2D eigenvalue weighted by Gasteiger charge is 2.38. The molecule has 2 aromatic rings. The minimum absolute atomic E-state index is 0.115. The van der Waals surface area contributed by atoms with E-state index in [1.54, 1.807) is 0 Å². The number of nitrogens with zero attached hydrogens (tertiary/aromatic N) is 1.